The Morgan fingerprint density at radius 2 is 1.77 bits per heavy atom. The molecule has 31 heavy (non-hydrogen) atoms. The highest BCUT2D eigenvalue weighted by molar-refractivity contribution is 7.98. The molecule has 0 saturated carbocycles. The van der Waals surface area contributed by atoms with Crippen molar-refractivity contribution in [3.63, 3.8) is 0 Å². The monoisotopic (exact) mass is 458 g/mol. The third kappa shape index (κ3) is 5.67. The van der Waals surface area contributed by atoms with Gasteiger partial charge in [0.05, 0.1) is 13.2 Å². The van der Waals surface area contributed by atoms with Gasteiger partial charge in [-0.15, -0.1) is 0 Å². The molecule has 2 heterocycles. The smallest absolute Gasteiger partial charge is 0.190 e. The summed E-state index contributed by atoms with van der Waals surface area (Å²) in [6, 6.07) is 16.9. The van der Waals surface area contributed by atoms with Crippen molar-refractivity contribution in [1.82, 2.24) is 9.97 Å². The van der Waals surface area contributed by atoms with Crippen LogP contribution in [0.5, 0.6) is 0 Å². The van der Waals surface area contributed by atoms with E-state index in [-0.39, 0.29) is 5.82 Å². The Hall–Kier alpha value is -2.35. The average Bonchev–Trinajstić information content (AvgIpc) is 2.81. The second-order valence-electron chi connectivity index (χ2n) is 7.18. The van der Waals surface area contributed by atoms with Gasteiger partial charge in [0.2, 0.25) is 0 Å². The topological polar surface area (TPSA) is 41.5 Å². The zero-order valence-electron chi connectivity index (χ0n) is 17.3. The van der Waals surface area contributed by atoms with Crippen LogP contribution in [0.4, 0.5) is 21.6 Å². The molecule has 0 bridgehead atoms. The van der Waals surface area contributed by atoms with Gasteiger partial charge in [-0.1, -0.05) is 35.5 Å². The van der Waals surface area contributed by atoms with E-state index in [2.05, 4.69) is 44.0 Å². The van der Waals surface area contributed by atoms with Gasteiger partial charge in [-0.05, 0) is 54.6 Å². The van der Waals surface area contributed by atoms with Crippen LogP contribution in [0.25, 0.3) is 0 Å². The quantitative estimate of drug-likeness (QED) is 0.275. The summed E-state index contributed by atoms with van der Waals surface area (Å²) in [4.78, 5) is 13.4. The molecule has 3 aromatic rings. The molecule has 5 nitrogen and oxygen atoms in total. The summed E-state index contributed by atoms with van der Waals surface area (Å²) in [7, 11) is 0. The van der Waals surface area contributed by atoms with E-state index in [0.29, 0.717) is 16.9 Å². The summed E-state index contributed by atoms with van der Waals surface area (Å²) < 4.78 is 18.7. The lowest BCUT2D eigenvalue weighted by Gasteiger charge is -2.30. The molecule has 0 aliphatic carbocycles. The first-order chi connectivity index (χ1) is 15.1. The number of hydrogen-bond acceptors (Lipinski definition) is 6. The molecule has 1 aliphatic heterocycles. The molecule has 0 unspecified atom stereocenters. The van der Waals surface area contributed by atoms with Crippen LogP contribution in [-0.4, -0.2) is 49.1 Å². The molecule has 0 atom stereocenters. The molecule has 162 valence electrons. The number of benzene rings is 2. The Balaban J connectivity index is 1.61. The highest BCUT2D eigenvalue weighted by atomic mass is 35.5. The lowest BCUT2D eigenvalue weighted by Crippen LogP contribution is -2.36. The van der Waals surface area contributed by atoms with Gasteiger partial charge in [-0.2, -0.15) is 0 Å². The first-order valence-electron chi connectivity index (χ1n) is 10.2. The SMILES string of the molecule is CSc1nc(Cl)cc(N(CCc2ccc(F)cc2)c2ccc(N3CCOCC3)cc2)n1. The van der Waals surface area contributed by atoms with Crippen molar-refractivity contribution < 1.29 is 9.13 Å². The normalized spacial score (nSPS) is 14.0. The number of halogens is 2. The van der Waals surface area contributed by atoms with Crippen molar-refractivity contribution in [1.29, 1.82) is 0 Å². The van der Waals surface area contributed by atoms with E-state index in [1.165, 1.54) is 29.6 Å². The first kappa shape index (κ1) is 21.9. The Morgan fingerprint density at radius 3 is 2.45 bits per heavy atom. The Bertz CT molecular complexity index is 997. The fourth-order valence-corrected chi connectivity index (χ4v) is 4.15. The summed E-state index contributed by atoms with van der Waals surface area (Å²) in [5.74, 6) is 0.511. The Labute approximate surface area is 191 Å². The molecule has 8 heteroatoms. The van der Waals surface area contributed by atoms with Crippen molar-refractivity contribution >= 4 is 40.6 Å². The molecule has 2 aromatic carbocycles. The fraction of sp³-hybridized carbons (Fsp3) is 0.304. The van der Waals surface area contributed by atoms with E-state index in [1.807, 2.05) is 18.4 Å². The number of aromatic nitrogens is 2. The van der Waals surface area contributed by atoms with Crippen molar-refractivity contribution in [2.24, 2.45) is 0 Å². The van der Waals surface area contributed by atoms with Crippen molar-refractivity contribution in [2.45, 2.75) is 11.6 Å². The number of morpholine rings is 1. The second kappa shape index (κ2) is 10.3. The molecule has 0 N–H and O–H groups in total. The summed E-state index contributed by atoms with van der Waals surface area (Å²) in [5.41, 5.74) is 3.25. The van der Waals surface area contributed by atoms with Gasteiger partial charge in [0.25, 0.3) is 0 Å². The van der Waals surface area contributed by atoms with Gasteiger partial charge >= 0.3 is 0 Å². The molecule has 0 radical (unpaired) electrons. The maximum atomic E-state index is 13.3. The van der Waals surface area contributed by atoms with Gasteiger partial charge in [0, 0.05) is 37.1 Å². The van der Waals surface area contributed by atoms with Crippen LogP contribution < -0.4 is 9.80 Å². The Morgan fingerprint density at radius 1 is 1.06 bits per heavy atom. The molecule has 4 rings (SSSR count). The number of nitrogens with zero attached hydrogens (tertiary/aromatic N) is 4. The van der Waals surface area contributed by atoms with E-state index in [1.54, 1.807) is 6.07 Å². The summed E-state index contributed by atoms with van der Waals surface area (Å²) in [5, 5.41) is 1.03. The maximum Gasteiger partial charge on any atom is 0.190 e. The zero-order chi connectivity index (χ0) is 21.6. The summed E-state index contributed by atoms with van der Waals surface area (Å²) >= 11 is 7.72. The van der Waals surface area contributed by atoms with Crippen LogP contribution in [0.1, 0.15) is 5.56 Å². The first-order valence-corrected chi connectivity index (χ1v) is 11.8. The highest BCUT2D eigenvalue weighted by Gasteiger charge is 2.16. The number of ether oxygens (including phenoxy) is 1. The molecule has 0 spiro atoms. The van der Waals surface area contributed by atoms with Gasteiger partial charge in [0.15, 0.2) is 5.16 Å². The van der Waals surface area contributed by atoms with E-state index in [0.717, 1.165) is 49.8 Å². The Kier molecular flexibility index (Phi) is 7.27. The van der Waals surface area contributed by atoms with Gasteiger partial charge in [0.1, 0.15) is 16.8 Å². The molecule has 1 aliphatic rings. The fourth-order valence-electron chi connectivity index (χ4n) is 3.55. The minimum absolute atomic E-state index is 0.230. The lowest BCUT2D eigenvalue weighted by atomic mass is 10.1. The van der Waals surface area contributed by atoms with E-state index < -0.39 is 0 Å². The number of thioether (sulfide) groups is 1. The minimum atomic E-state index is -0.230. The molecule has 1 saturated heterocycles. The van der Waals surface area contributed by atoms with Crippen molar-refractivity contribution in [2.75, 3.05) is 48.9 Å². The minimum Gasteiger partial charge on any atom is -0.378 e. The molecule has 1 fully saturated rings. The average molecular weight is 459 g/mol. The summed E-state index contributed by atoms with van der Waals surface area (Å²) in [6.07, 6.45) is 2.66. The maximum absolute atomic E-state index is 13.3. The molecule has 0 amide bonds. The number of anilines is 3. The molecule has 1 aromatic heterocycles. The van der Waals surface area contributed by atoms with Crippen LogP contribution in [0.3, 0.4) is 0 Å². The van der Waals surface area contributed by atoms with Crippen molar-refractivity contribution in [3.05, 3.63) is 71.1 Å². The third-order valence-electron chi connectivity index (χ3n) is 5.19. The van der Waals surface area contributed by atoms with Gasteiger partial charge < -0.3 is 14.5 Å². The van der Waals surface area contributed by atoms with E-state index in [4.69, 9.17) is 16.3 Å². The van der Waals surface area contributed by atoms with Gasteiger partial charge in [-0.3, -0.25) is 0 Å². The highest BCUT2D eigenvalue weighted by Crippen LogP contribution is 2.29. The van der Waals surface area contributed by atoms with Crippen LogP contribution in [0.15, 0.2) is 59.8 Å². The molecular formula is C23H24ClFN4OS. The standard InChI is InChI=1S/C23H24ClFN4OS/c1-31-23-26-21(24)16-22(27-23)29(11-10-17-2-4-18(25)5-3-17)20-8-6-19(7-9-20)28-12-14-30-15-13-28/h2-9,16H,10-15H2,1H3. The lowest BCUT2D eigenvalue weighted by molar-refractivity contribution is 0.122. The molecular weight excluding hydrogens is 435 g/mol. The second-order valence-corrected chi connectivity index (χ2v) is 8.34. The van der Waals surface area contributed by atoms with Crippen LogP contribution in [0.2, 0.25) is 5.15 Å². The van der Waals surface area contributed by atoms with E-state index in [9.17, 15) is 4.39 Å². The number of hydrogen-bond donors (Lipinski definition) is 0. The predicted molar refractivity (Wildman–Crippen MR) is 125 cm³/mol. The predicted octanol–water partition coefficient (Wildman–Crippen LogP) is 5.21. The third-order valence-corrected chi connectivity index (χ3v) is 5.94. The summed E-state index contributed by atoms with van der Waals surface area (Å²) in [6.45, 7) is 3.97. The zero-order valence-corrected chi connectivity index (χ0v) is 18.9. The van der Waals surface area contributed by atoms with Gasteiger partial charge in [-0.25, -0.2) is 14.4 Å². The van der Waals surface area contributed by atoms with Crippen LogP contribution in [0, 0.1) is 5.82 Å². The largest absolute Gasteiger partial charge is 0.378 e. The van der Waals surface area contributed by atoms with Crippen molar-refractivity contribution in [3.8, 4) is 0 Å². The van der Waals surface area contributed by atoms with Crippen LogP contribution >= 0.6 is 23.4 Å². The van der Waals surface area contributed by atoms with E-state index >= 15 is 0 Å². The van der Waals surface area contributed by atoms with Crippen LogP contribution in [-0.2, 0) is 11.2 Å². The number of rotatable bonds is 7.